The summed E-state index contributed by atoms with van der Waals surface area (Å²) >= 11 is 3.11. The molecule has 1 aromatic heterocycles. The lowest BCUT2D eigenvalue weighted by molar-refractivity contribution is -0.117. The summed E-state index contributed by atoms with van der Waals surface area (Å²) in [6.45, 7) is 11.0. The second-order valence-electron chi connectivity index (χ2n) is 8.53. The average Bonchev–Trinajstić information content (AvgIpc) is 2.99. The topological polar surface area (TPSA) is 60.3 Å². The molecule has 0 saturated carbocycles. The molecule has 0 aliphatic heterocycles. The van der Waals surface area contributed by atoms with E-state index in [1.807, 2.05) is 24.3 Å². The SMILES string of the molecule is C=CCC(C(=O)Nc1ccc(Br)c(F)c1)c1c(C)n(C(=O)OC(C)(C)C)c2ccccc12. The van der Waals surface area contributed by atoms with Crippen LogP contribution in [-0.2, 0) is 9.53 Å². The van der Waals surface area contributed by atoms with Crippen LogP contribution in [0.3, 0.4) is 0 Å². The Morgan fingerprint density at radius 2 is 1.94 bits per heavy atom. The van der Waals surface area contributed by atoms with E-state index >= 15 is 0 Å². The van der Waals surface area contributed by atoms with Gasteiger partial charge in [-0.1, -0.05) is 24.3 Å². The van der Waals surface area contributed by atoms with Gasteiger partial charge in [-0.15, -0.1) is 6.58 Å². The van der Waals surface area contributed by atoms with Crippen molar-refractivity contribution in [1.29, 1.82) is 0 Å². The van der Waals surface area contributed by atoms with Gasteiger partial charge in [0, 0.05) is 16.8 Å². The van der Waals surface area contributed by atoms with E-state index in [4.69, 9.17) is 4.74 Å². The highest BCUT2D eigenvalue weighted by molar-refractivity contribution is 9.10. The molecule has 3 aromatic rings. The first kappa shape index (κ1) is 23.7. The van der Waals surface area contributed by atoms with Crippen molar-refractivity contribution in [3.63, 3.8) is 0 Å². The Hall–Kier alpha value is -2.93. The van der Waals surface area contributed by atoms with Gasteiger partial charge in [0.05, 0.1) is 15.9 Å². The van der Waals surface area contributed by atoms with Gasteiger partial charge in [-0.05, 0) is 79.9 Å². The van der Waals surface area contributed by atoms with Crippen LogP contribution in [0.5, 0.6) is 0 Å². The number of anilines is 1. The molecule has 1 atom stereocenters. The summed E-state index contributed by atoms with van der Waals surface area (Å²) in [5.41, 5.74) is 1.66. The minimum atomic E-state index is -0.668. The highest BCUT2D eigenvalue weighted by Gasteiger charge is 2.30. The summed E-state index contributed by atoms with van der Waals surface area (Å²) in [4.78, 5) is 26.3. The first-order valence-electron chi connectivity index (χ1n) is 10.2. The van der Waals surface area contributed by atoms with Gasteiger partial charge in [-0.25, -0.2) is 13.8 Å². The van der Waals surface area contributed by atoms with Crippen LogP contribution >= 0.6 is 15.9 Å². The Bertz CT molecular complexity index is 1190. The van der Waals surface area contributed by atoms with Crippen LogP contribution in [0, 0.1) is 12.7 Å². The number of benzene rings is 2. The first-order chi connectivity index (χ1) is 15.0. The zero-order valence-corrected chi connectivity index (χ0v) is 20.1. The summed E-state index contributed by atoms with van der Waals surface area (Å²) in [7, 11) is 0. The fourth-order valence-corrected chi connectivity index (χ4v) is 3.95. The zero-order chi connectivity index (χ0) is 23.6. The molecule has 5 nitrogen and oxygen atoms in total. The maximum absolute atomic E-state index is 13.9. The Morgan fingerprint density at radius 1 is 1.25 bits per heavy atom. The standard InChI is InChI=1S/C25H26BrFN2O3/c1-6-9-18(23(30)28-16-12-13-19(26)20(27)14-16)22-15(2)29(24(31)32-25(3,4)5)21-11-8-7-10-17(21)22/h6-8,10-14,18H,1,9H2,2-5H3,(H,28,30). The fraction of sp³-hybridized carbons (Fsp3) is 0.280. The number of fused-ring (bicyclic) bond motifs is 1. The van der Waals surface area contributed by atoms with Crippen molar-refractivity contribution in [2.24, 2.45) is 0 Å². The van der Waals surface area contributed by atoms with Gasteiger partial charge < -0.3 is 10.1 Å². The number of nitrogens with one attached hydrogen (secondary N) is 1. The van der Waals surface area contributed by atoms with Gasteiger partial charge >= 0.3 is 6.09 Å². The Morgan fingerprint density at radius 3 is 2.56 bits per heavy atom. The van der Waals surface area contributed by atoms with Crippen molar-refractivity contribution >= 4 is 44.5 Å². The minimum absolute atomic E-state index is 0.314. The number of halogens is 2. The predicted molar refractivity (Wildman–Crippen MR) is 129 cm³/mol. The summed E-state index contributed by atoms with van der Waals surface area (Å²) in [5, 5.41) is 3.57. The van der Waals surface area contributed by atoms with Gasteiger partial charge in [-0.2, -0.15) is 0 Å². The molecule has 0 aliphatic rings. The zero-order valence-electron chi connectivity index (χ0n) is 18.5. The molecule has 1 heterocycles. The number of rotatable bonds is 5. The smallest absolute Gasteiger partial charge is 0.419 e. The summed E-state index contributed by atoms with van der Waals surface area (Å²) in [6.07, 6.45) is 1.49. The van der Waals surface area contributed by atoms with E-state index in [1.54, 1.807) is 39.8 Å². The number of hydrogen-bond acceptors (Lipinski definition) is 3. The average molecular weight is 501 g/mol. The lowest BCUT2D eigenvalue weighted by atomic mass is 9.92. The highest BCUT2D eigenvalue weighted by Crippen LogP contribution is 2.35. The van der Waals surface area contributed by atoms with E-state index in [0.29, 0.717) is 33.4 Å². The van der Waals surface area contributed by atoms with E-state index in [2.05, 4.69) is 27.8 Å². The van der Waals surface area contributed by atoms with Crippen molar-refractivity contribution in [2.45, 2.75) is 45.6 Å². The number of nitrogens with zero attached hydrogens (tertiary/aromatic N) is 1. The van der Waals surface area contributed by atoms with Crippen LogP contribution in [0.2, 0.25) is 0 Å². The summed E-state index contributed by atoms with van der Waals surface area (Å²) in [6, 6.07) is 11.8. The molecule has 1 amide bonds. The molecule has 7 heteroatoms. The second-order valence-corrected chi connectivity index (χ2v) is 9.38. The molecule has 3 rings (SSSR count). The molecule has 0 spiro atoms. The second kappa shape index (κ2) is 9.28. The van der Waals surface area contributed by atoms with Crippen molar-refractivity contribution in [3.05, 3.63) is 76.7 Å². The number of carbonyl (C=O) groups excluding carboxylic acids is 2. The van der Waals surface area contributed by atoms with Crippen molar-refractivity contribution in [1.82, 2.24) is 4.57 Å². The third-order valence-electron chi connectivity index (χ3n) is 4.99. The maximum atomic E-state index is 13.9. The van der Waals surface area contributed by atoms with Crippen molar-refractivity contribution < 1.29 is 18.7 Å². The third-order valence-corrected chi connectivity index (χ3v) is 5.63. The number of carbonyl (C=O) groups is 2. The Labute approximate surface area is 195 Å². The van der Waals surface area contributed by atoms with Crippen molar-refractivity contribution in [3.8, 4) is 0 Å². The quantitative estimate of drug-likeness (QED) is 0.386. The monoisotopic (exact) mass is 500 g/mol. The molecule has 32 heavy (non-hydrogen) atoms. The molecule has 2 aromatic carbocycles. The molecule has 168 valence electrons. The van der Waals surface area contributed by atoms with Crippen LogP contribution in [-0.4, -0.2) is 22.2 Å². The van der Waals surface area contributed by atoms with Gasteiger partial charge in [0.1, 0.15) is 11.4 Å². The van der Waals surface area contributed by atoms with Gasteiger partial charge in [0.15, 0.2) is 0 Å². The number of aromatic nitrogens is 1. The van der Waals surface area contributed by atoms with E-state index in [-0.39, 0.29) is 5.91 Å². The van der Waals surface area contributed by atoms with E-state index in [0.717, 1.165) is 5.39 Å². The molecule has 1 N–H and O–H groups in total. The largest absolute Gasteiger partial charge is 0.443 e. The lowest BCUT2D eigenvalue weighted by Crippen LogP contribution is -2.28. The molecule has 0 bridgehead atoms. The van der Waals surface area contributed by atoms with Gasteiger partial charge in [0.2, 0.25) is 5.91 Å². The normalized spacial score (nSPS) is 12.4. The van der Waals surface area contributed by atoms with Gasteiger partial charge in [-0.3, -0.25) is 4.79 Å². The van der Waals surface area contributed by atoms with E-state index in [1.165, 1.54) is 16.7 Å². The number of para-hydroxylation sites is 1. The molecule has 0 aliphatic carbocycles. The molecular weight excluding hydrogens is 475 g/mol. The molecule has 0 fully saturated rings. The molecular formula is C25H26BrFN2O3. The number of amides is 1. The summed E-state index contributed by atoms with van der Waals surface area (Å²) in [5.74, 6) is -1.42. The first-order valence-corrected chi connectivity index (χ1v) is 11.0. The maximum Gasteiger partial charge on any atom is 0.419 e. The van der Waals surface area contributed by atoms with E-state index < -0.39 is 23.4 Å². The molecule has 0 radical (unpaired) electrons. The minimum Gasteiger partial charge on any atom is -0.443 e. The fourth-order valence-electron chi connectivity index (χ4n) is 3.70. The number of ether oxygens (including phenoxy) is 1. The molecule has 0 saturated heterocycles. The van der Waals surface area contributed by atoms with Crippen LogP contribution in [0.15, 0.2) is 59.6 Å². The van der Waals surface area contributed by atoms with Crippen LogP contribution in [0.4, 0.5) is 14.9 Å². The Balaban J connectivity index is 2.09. The van der Waals surface area contributed by atoms with Crippen molar-refractivity contribution in [2.75, 3.05) is 5.32 Å². The van der Waals surface area contributed by atoms with Crippen LogP contribution in [0.1, 0.15) is 44.4 Å². The molecule has 1 unspecified atom stereocenters. The number of allylic oxidation sites excluding steroid dienone is 1. The van der Waals surface area contributed by atoms with Gasteiger partial charge in [0.25, 0.3) is 0 Å². The third kappa shape index (κ3) is 4.93. The summed E-state index contributed by atoms with van der Waals surface area (Å²) < 4.78 is 21.3. The van der Waals surface area contributed by atoms with Crippen LogP contribution < -0.4 is 5.32 Å². The Kier molecular flexibility index (Phi) is 6.88. The number of hydrogen-bond donors (Lipinski definition) is 1. The van der Waals surface area contributed by atoms with E-state index in [9.17, 15) is 14.0 Å². The highest BCUT2D eigenvalue weighted by atomic mass is 79.9. The lowest BCUT2D eigenvalue weighted by Gasteiger charge is -2.21. The van der Waals surface area contributed by atoms with Crippen LogP contribution in [0.25, 0.3) is 10.9 Å². The predicted octanol–water partition coefficient (Wildman–Crippen LogP) is 6.93.